The van der Waals surface area contributed by atoms with E-state index in [1.54, 1.807) is 6.20 Å². The van der Waals surface area contributed by atoms with Crippen LogP contribution in [-0.4, -0.2) is 15.3 Å². The molecule has 4 N–H and O–H groups in total. The van der Waals surface area contributed by atoms with E-state index in [1.165, 1.54) is 0 Å². The molecule has 0 unspecified atom stereocenters. The standard InChI is InChI=1S/C10H10BrN3O/c1-5-2-3-7(11)8(9(5)15)6-4-13-14-10(6)12/h2-4,15H,1H3,(H3,12,13,14). The van der Waals surface area contributed by atoms with E-state index in [0.717, 1.165) is 10.0 Å². The Balaban J connectivity index is 2.72. The third-order valence-corrected chi connectivity index (χ3v) is 2.93. The zero-order valence-corrected chi connectivity index (χ0v) is 9.67. The van der Waals surface area contributed by atoms with Crippen molar-refractivity contribution >= 4 is 21.7 Å². The van der Waals surface area contributed by atoms with Crippen molar-refractivity contribution in [3.8, 4) is 16.9 Å². The topological polar surface area (TPSA) is 74.9 Å². The van der Waals surface area contributed by atoms with E-state index >= 15 is 0 Å². The molecule has 0 spiro atoms. The molecule has 0 atom stereocenters. The average Bonchev–Trinajstić information content (AvgIpc) is 2.60. The van der Waals surface area contributed by atoms with Crippen molar-refractivity contribution in [1.29, 1.82) is 0 Å². The highest BCUT2D eigenvalue weighted by Gasteiger charge is 2.14. The van der Waals surface area contributed by atoms with Gasteiger partial charge in [-0.25, -0.2) is 0 Å². The number of anilines is 1. The van der Waals surface area contributed by atoms with Crippen LogP contribution in [0.15, 0.2) is 22.8 Å². The molecule has 0 saturated heterocycles. The quantitative estimate of drug-likeness (QED) is 0.743. The largest absolute Gasteiger partial charge is 0.507 e. The van der Waals surface area contributed by atoms with Gasteiger partial charge in [-0.1, -0.05) is 22.0 Å². The Hall–Kier alpha value is -1.49. The predicted octanol–water partition coefficient (Wildman–Crippen LogP) is 2.44. The lowest BCUT2D eigenvalue weighted by atomic mass is 10.0. The molecule has 0 amide bonds. The van der Waals surface area contributed by atoms with Crippen LogP contribution in [-0.2, 0) is 0 Å². The summed E-state index contributed by atoms with van der Waals surface area (Å²) in [6, 6.07) is 3.70. The number of phenolic OH excluding ortho intramolecular Hbond substituents is 1. The Kier molecular flexibility index (Phi) is 2.40. The minimum absolute atomic E-state index is 0.220. The van der Waals surface area contributed by atoms with Crippen LogP contribution in [0.5, 0.6) is 5.75 Å². The van der Waals surface area contributed by atoms with Crippen LogP contribution in [0.2, 0.25) is 0 Å². The summed E-state index contributed by atoms with van der Waals surface area (Å²) in [6.07, 6.45) is 1.59. The zero-order chi connectivity index (χ0) is 11.0. The number of nitrogens with two attached hydrogens (primary N) is 1. The third-order valence-electron chi connectivity index (χ3n) is 2.27. The fourth-order valence-corrected chi connectivity index (χ4v) is 1.96. The number of aromatic amines is 1. The Morgan fingerprint density at radius 1 is 1.47 bits per heavy atom. The van der Waals surface area contributed by atoms with Crippen LogP contribution in [0.25, 0.3) is 11.1 Å². The van der Waals surface area contributed by atoms with Gasteiger partial charge in [-0.3, -0.25) is 5.10 Å². The molecule has 0 saturated carbocycles. The molecule has 0 fully saturated rings. The van der Waals surface area contributed by atoms with Gasteiger partial charge in [-0.05, 0) is 18.6 Å². The van der Waals surface area contributed by atoms with Crippen LogP contribution in [0.3, 0.4) is 0 Å². The van der Waals surface area contributed by atoms with Crippen molar-refractivity contribution < 1.29 is 5.11 Å². The summed E-state index contributed by atoms with van der Waals surface area (Å²) in [6.45, 7) is 1.83. The van der Waals surface area contributed by atoms with E-state index in [4.69, 9.17) is 5.73 Å². The second-order valence-corrected chi connectivity index (χ2v) is 4.14. The van der Waals surface area contributed by atoms with Crippen LogP contribution >= 0.6 is 15.9 Å². The van der Waals surface area contributed by atoms with Gasteiger partial charge in [0.1, 0.15) is 11.6 Å². The molecular weight excluding hydrogens is 258 g/mol. The molecule has 1 aromatic carbocycles. The molecule has 0 bridgehead atoms. The van der Waals surface area contributed by atoms with E-state index in [9.17, 15) is 5.11 Å². The fourth-order valence-electron chi connectivity index (χ4n) is 1.42. The van der Waals surface area contributed by atoms with Crippen LogP contribution in [0, 0.1) is 6.92 Å². The maximum atomic E-state index is 9.95. The molecule has 1 heterocycles. The summed E-state index contributed by atoms with van der Waals surface area (Å²) < 4.78 is 0.790. The summed E-state index contributed by atoms with van der Waals surface area (Å²) in [5.41, 5.74) is 7.88. The first kappa shape index (κ1) is 10.0. The Morgan fingerprint density at radius 2 is 2.20 bits per heavy atom. The average molecular weight is 268 g/mol. The molecule has 0 aliphatic rings. The van der Waals surface area contributed by atoms with Crippen LogP contribution in [0.1, 0.15) is 5.56 Å². The minimum Gasteiger partial charge on any atom is -0.507 e. The smallest absolute Gasteiger partial charge is 0.127 e. The van der Waals surface area contributed by atoms with E-state index in [0.29, 0.717) is 16.9 Å². The highest BCUT2D eigenvalue weighted by Crippen LogP contribution is 2.39. The first-order valence-electron chi connectivity index (χ1n) is 4.38. The van der Waals surface area contributed by atoms with Gasteiger partial charge in [0.05, 0.1) is 6.20 Å². The summed E-state index contributed by atoms with van der Waals surface area (Å²) >= 11 is 3.38. The number of benzene rings is 1. The van der Waals surface area contributed by atoms with Gasteiger partial charge in [0.25, 0.3) is 0 Å². The Labute approximate surface area is 95.3 Å². The van der Waals surface area contributed by atoms with Crippen molar-refractivity contribution in [2.75, 3.05) is 5.73 Å². The number of hydrogen-bond donors (Lipinski definition) is 3. The molecule has 2 rings (SSSR count). The number of rotatable bonds is 1. The van der Waals surface area contributed by atoms with Gasteiger partial charge in [0.2, 0.25) is 0 Å². The second kappa shape index (κ2) is 3.58. The Bertz CT molecular complexity index is 507. The van der Waals surface area contributed by atoms with E-state index in [-0.39, 0.29) is 5.75 Å². The van der Waals surface area contributed by atoms with Crippen molar-refractivity contribution in [2.24, 2.45) is 0 Å². The van der Waals surface area contributed by atoms with Gasteiger partial charge in [-0.15, -0.1) is 0 Å². The highest BCUT2D eigenvalue weighted by molar-refractivity contribution is 9.10. The third kappa shape index (κ3) is 1.59. The van der Waals surface area contributed by atoms with Crippen molar-refractivity contribution in [3.05, 3.63) is 28.4 Å². The zero-order valence-electron chi connectivity index (χ0n) is 8.08. The molecule has 0 radical (unpaired) electrons. The minimum atomic E-state index is 0.220. The number of nitrogen functional groups attached to an aromatic ring is 1. The van der Waals surface area contributed by atoms with Gasteiger partial charge < -0.3 is 10.8 Å². The molecule has 1 aromatic heterocycles. The van der Waals surface area contributed by atoms with Gasteiger partial charge in [-0.2, -0.15) is 5.10 Å². The number of nitrogens with zero attached hydrogens (tertiary/aromatic N) is 1. The molecule has 4 nitrogen and oxygen atoms in total. The monoisotopic (exact) mass is 267 g/mol. The molecule has 5 heteroatoms. The number of aromatic hydroxyl groups is 1. The van der Waals surface area contributed by atoms with Gasteiger partial charge in [0.15, 0.2) is 0 Å². The molecule has 2 aromatic rings. The van der Waals surface area contributed by atoms with Crippen molar-refractivity contribution in [1.82, 2.24) is 10.2 Å². The molecule has 15 heavy (non-hydrogen) atoms. The maximum absolute atomic E-state index is 9.95. The summed E-state index contributed by atoms with van der Waals surface area (Å²) in [5, 5.41) is 16.4. The number of phenols is 1. The summed E-state index contributed by atoms with van der Waals surface area (Å²) in [5.74, 6) is 0.661. The molecular formula is C10H10BrN3O. The maximum Gasteiger partial charge on any atom is 0.127 e. The van der Waals surface area contributed by atoms with Crippen LogP contribution < -0.4 is 5.73 Å². The van der Waals surface area contributed by atoms with E-state index < -0.39 is 0 Å². The molecule has 78 valence electrons. The van der Waals surface area contributed by atoms with Crippen molar-refractivity contribution in [3.63, 3.8) is 0 Å². The number of H-pyrrole nitrogens is 1. The first-order chi connectivity index (χ1) is 7.11. The number of aryl methyl sites for hydroxylation is 1. The molecule has 0 aliphatic carbocycles. The number of halogens is 1. The highest BCUT2D eigenvalue weighted by atomic mass is 79.9. The lowest BCUT2D eigenvalue weighted by molar-refractivity contribution is 0.473. The molecule has 0 aliphatic heterocycles. The SMILES string of the molecule is Cc1ccc(Br)c(-c2cn[nH]c2N)c1O. The number of nitrogens with one attached hydrogen (secondary N) is 1. The van der Waals surface area contributed by atoms with Gasteiger partial charge in [0, 0.05) is 15.6 Å². The number of hydrogen-bond acceptors (Lipinski definition) is 3. The predicted molar refractivity (Wildman–Crippen MR) is 62.5 cm³/mol. The summed E-state index contributed by atoms with van der Waals surface area (Å²) in [4.78, 5) is 0. The lowest BCUT2D eigenvalue weighted by Crippen LogP contribution is -1.90. The first-order valence-corrected chi connectivity index (χ1v) is 5.18. The van der Waals surface area contributed by atoms with E-state index in [1.807, 2.05) is 19.1 Å². The lowest BCUT2D eigenvalue weighted by Gasteiger charge is -2.08. The number of aromatic nitrogens is 2. The van der Waals surface area contributed by atoms with Crippen LogP contribution in [0.4, 0.5) is 5.82 Å². The second-order valence-electron chi connectivity index (χ2n) is 3.29. The Morgan fingerprint density at radius 3 is 2.80 bits per heavy atom. The van der Waals surface area contributed by atoms with E-state index in [2.05, 4.69) is 26.1 Å². The normalized spacial score (nSPS) is 10.5. The summed E-state index contributed by atoms with van der Waals surface area (Å²) in [7, 11) is 0. The van der Waals surface area contributed by atoms with Crippen molar-refractivity contribution in [2.45, 2.75) is 6.92 Å². The fraction of sp³-hybridized carbons (Fsp3) is 0.100. The van der Waals surface area contributed by atoms with Gasteiger partial charge >= 0.3 is 0 Å².